The average molecular weight is 553 g/mol. The summed E-state index contributed by atoms with van der Waals surface area (Å²) in [4.78, 5) is 10.7. The molecule has 0 N–H and O–H groups in total. The van der Waals surface area contributed by atoms with Gasteiger partial charge in [0.15, 0.2) is 0 Å². The number of hydrogen-bond donors (Lipinski definition) is 0. The molecule has 0 aliphatic rings. The molecule has 2 heterocycles. The van der Waals surface area contributed by atoms with Gasteiger partial charge in [-0.05, 0) is 59.5 Å². The predicted octanol–water partition coefficient (Wildman–Crippen LogP) is 10.6. The minimum absolute atomic E-state index is 0.491. The quantitative estimate of drug-likeness (QED) is 0.205. The van der Waals surface area contributed by atoms with E-state index in [4.69, 9.17) is 9.97 Å². The molecule has 7 aromatic rings. The molecule has 0 atom stereocenters. The number of rotatable bonds is 6. The molecular formula is C41H32N2. The van der Waals surface area contributed by atoms with Gasteiger partial charge >= 0.3 is 0 Å². The summed E-state index contributed by atoms with van der Waals surface area (Å²) in [5.41, 5.74) is 10.3. The van der Waals surface area contributed by atoms with Crippen molar-refractivity contribution in [3.05, 3.63) is 169 Å². The molecule has 0 fully saturated rings. The van der Waals surface area contributed by atoms with Crippen molar-refractivity contribution < 1.29 is 0 Å². The van der Waals surface area contributed by atoms with Crippen molar-refractivity contribution in [3.8, 4) is 44.8 Å². The first-order chi connectivity index (χ1) is 21.1. The van der Waals surface area contributed by atoms with Crippen molar-refractivity contribution >= 4 is 10.8 Å². The normalized spacial score (nSPS) is 11.5. The standard InChI is InChI=1S/C41H32N2/c1-41(2,38-26-14-25-36(42-38)30-17-8-4-9-18-30)40-35(27-28-37(43-40)31-19-10-5-11-20-31)34-24-13-22-32-21-12-23-33(39(32)34)29-15-6-3-7-16-29/h3-28H,1-2H3. The van der Waals surface area contributed by atoms with Crippen LogP contribution in [0.25, 0.3) is 55.5 Å². The van der Waals surface area contributed by atoms with Crippen molar-refractivity contribution in [3.63, 3.8) is 0 Å². The fourth-order valence-corrected chi connectivity index (χ4v) is 6.02. The molecule has 2 nitrogen and oxygen atoms in total. The summed E-state index contributed by atoms with van der Waals surface area (Å²) in [6.07, 6.45) is 0. The Morgan fingerprint density at radius 2 is 0.930 bits per heavy atom. The third-order valence-corrected chi connectivity index (χ3v) is 8.30. The summed E-state index contributed by atoms with van der Waals surface area (Å²) in [5, 5.41) is 2.44. The first kappa shape index (κ1) is 26.6. The predicted molar refractivity (Wildman–Crippen MR) is 180 cm³/mol. The van der Waals surface area contributed by atoms with Crippen LogP contribution in [-0.2, 0) is 5.41 Å². The number of aromatic nitrogens is 2. The van der Waals surface area contributed by atoms with Gasteiger partial charge in [0.25, 0.3) is 0 Å². The highest BCUT2D eigenvalue weighted by molar-refractivity contribution is 6.06. The maximum atomic E-state index is 5.44. The molecule has 206 valence electrons. The van der Waals surface area contributed by atoms with E-state index in [9.17, 15) is 0 Å². The first-order valence-electron chi connectivity index (χ1n) is 14.8. The zero-order valence-corrected chi connectivity index (χ0v) is 24.4. The van der Waals surface area contributed by atoms with Crippen LogP contribution in [0.15, 0.2) is 158 Å². The number of fused-ring (bicyclic) bond motifs is 1. The van der Waals surface area contributed by atoms with Gasteiger partial charge in [0.2, 0.25) is 0 Å². The fraction of sp³-hybridized carbons (Fsp3) is 0.0732. The zero-order chi connectivity index (χ0) is 29.2. The smallest absolute Gasteiger partial charge is 0.0706 e. The Morgan fingerprint density at radius 1 is 0.395 bits per heavy atom. The second-order valence-electron chi connectivity index (χ2n) is 11.4. The molecule has 0 amide bonds. The second kappa shape index (κ2) is 11.2. The molecule has 0 bridgehead atoms. The SMILES string of the molecule is CC(C)(c1cccc(-c2ccccc2)n1)c1nc(-c2ccccc2)ccc1-c1cccc2cccc(-c3ccccc3)c12. The summed E-state index contributed by atoms with van der Waals surface area (Å²) in [7, 11) is 0. The van der Waals surface area contributed by atoms with Crippen molar-refractivity contribution in [2.24, 2.45) is 0 Å². The third-order valence-electron chi connectivity index (χ3n) is 8.30. The summed E-state index contributed by atoms with van der Waals surface area (Å²) in [6, 6.07) is 55.4. The minimum Gasteiger partial charge on any atom is -0.252 e. The van der Waals surface area contributed by atoms with Crippen LogP contribution in [0.2, 0.25) is 0 Å². The summed E-state index contributed by atoms with van der Waals surface area (Å²) >= 11 is 0. The van der Waals surface area contributed by atoms with E-state index in [2.05, 4.69) is 159 Å². The van der Waals surface area contributed by atoms with E-state index >= 15 is 0 Å². The van der Waals surface area contributed by atoms with E-state index in [1.54, 1.807) is 0 Å². The van der Waals surface area contributed by atoms with Crippen LogP contribution in [0.4, 0.5) is 0 Å². The lowest BCUT2D eigenvalue weighted by Gasteiger charge is -2.28. The average Bonchev–Trinajstić information content (AvgIpc) is 3.09. The van der Waals surface area contributed by atoms with Gasteiger partial charge in [-0.15, -0.1) is 0 Å². The van der Waals surface area contributed by atoms with Gasteiger partial charge in [0.05, 0.1) is 22.8 Å². The highest BCUT2D eigenvalue weighted by Gasteiger charge is 2.31. The lowest BCUT2D eigenvalue weighted by Crippen LogP contribution is -2.24. The highest BCUT2D eigenvalue weighted by Crippen LogP contribution is 2.42. The Morgan fingerprint density at radius 3 is 1.56 bits per heavy atom. The molecule has 0 aliphatic heterocycles. The second-order valence-corrected chi connectivity index (χ2v) is 11.4. The van der Waals surface area contributed by atoms with Crippen molar-refractivity contribution in [1.29, 1.82) is 0 Å². The van der Waals surface area contributed by atoms with Crippen molar-refractivity contribution in [1.82, 2.24) is 9.97 Å². The van der Waals surface area contributed by atoms with Crippen LogP contribution in [0.3, 0.4) is 0 Å². The van der Waals surface area contributed by atoms with Crippen LogP contribution >= 0.6 is 0 Å². The molecule has 0 spiro atoms. The highest BCUT2D eigenvalue weighted by atomic mass is 14.8. The molecule has 5 aromatic carbocycles. The molecule has 0 saturated carbocycles. The Hall–Kier alpha value is -5.34. The lowest BCUT2D eigenvalue weighted by atomic mass is 9.79. The molecule has 43 heavy (non-hydrogen) atoms. The van der Waals surface area contributed by atoms with Gasteiger partial charge in [0, 0.05) is 22.1 Å². The van der Waals surface area contributed by atoms with E-state index in [1.807, 2.05) is 12.1 Å². The lowest BCUT2D eigenvalue weighted by molar-refractivity contribution is 0.599. The molecule has 0 unspecified atom stereocenters. The van der Waals surface area contributed by atoms with Crippen molar-refractivity contribution in [2.45, 2.75) is 19.3 Å². The van der Waals surface area contributed by atoms with Crippen LogP contribution < -0.4 is 0 Å². The summed E-state index contributed by atoms with van der Waals surface area (Å²) in [6.45, 7) is 4.49. The Bertz CT molecular complexity index is 2020. The topological polar surface area (TPSA) is 25.8 Å². The molecule has 7 rings (SSSR count). The van der Waals surface area contributed by atoms with Gasteiger partial charge in [-0.3, -0.25) is 9.97 Å². The van der Waals surface area contributed by atoms with Crippen molar-refractivity contribution in [2.75, 3.05) is 0 Å². The van der Waals surface area contributed by atoms with Gasteiger partial charge in [-0.2, -0.15) is 0 Å². The number of benzene rings is 5. The molecular weight excluding hydrogens is 520 g/mol. The molecule has 0 saturated heterocycles. The van der Waals surface area contributed by atoms with Crippen LogP contribution in [0, 0.1) is 0 Å². The van der Waals surface area contributed by atoms with Crippen LogP contribution in [-0.4, -0.2) is 9.97 Å². The summed E-state index contributed by atoms with van der Waals surface area (Å²) < 4.78 is 0. The van der Waals surface area contributed by atoms with Crippen LogP contribution in [0.5, 0.6) is 0 Å². The summed E-state index contributed by atoms with van der Waals surface area (Å²) in [5.74, 6) is 0. The van der Waals surface area contributed by atoms with Gasteiger partial charge in [-0.25, -0.2) is 0 Å². The third kappa shape index (κ3) is 5.02. The largest absolute Gasteiger partial charge is 0.252 e. The molecule has 0 radical (unpaired) electrons. The van der Waals surface area contributed by atoms with E-state index in [0.29, 0.717) is 0 Å². The molecule has 2 heteroatoms. The monoisotopic (exact) mass is 552 g/mol. The number of pyridine rings is 2. The molecule has 2 aromatic heterocycles. The number of hydrogen-bond acceptors (Lipinski definition) is 2. The molecule has 0 aliphatic carbocycles. The van der Waals surface area contributed by atoms with Gasteiger partial charge in [0.1, 0.15) is 0 Å². The maximum Gasteiger partial charge on any atom is 0.0706 e. The fourth-order valence-electron chi connectivity index (χ4n) is 6.02. The number of nitrogens with zero attached hydrogens (tertiary/aromatic N) is 2. The maximum absolute atomic E-state index is 5.44. The van der Waals surface area contributed by atoms with Gasteiger partial charge < -0.3 is 0 Å². The van der Waals surface area contributed by atoms with E-state index in [0.717, 1.165) is 39.5 Å². The van der Waals surface area contributed by atoms with E-state index in [-0.39, 0.29) is 0 Å². The first-order valence-corrected chi connectivity index (χ1v) is 14.8. The Labute approximate surface area is 253 Å². The van der Waals surface area contributed by atoms with E-state index in [1.165, 1.54) is 27.5 Å². The van der Waals surface area contributed by atoms with E-state index < -0.39 is 5.41 Å². The zero-order valence-electron chi connectivity index (χ0n) is 24.4. The Kier molecular flexibility index (Phi) is 6.89. The Balaban J connectivity index is 1.48. The van der Waals surface area contributed by atoms with Crippen LogP contribution in [0.1, 0.15) is 25.2 Å². The van der Waals surface area contributed by atoms with Gasteiger partial charge in [-0.1, -0.05) is 140 Å². The minimum atomic E-state index is -0.491.